The molecule has 0 radical (unpaired) electrons. The zero-order valence-corrected chi connectivity index (χ0v) is 13.1. The van der Waals surface area contributed by atoms with Gasteiger partial charge < -0.3 is 9.42 Å². The molecule has 1 aliphatic rings. The zero-order chi connectivity index (χ0) is 15.7. The SMILES string of the molecule is Cc1noc(C)c1C(=O)N1CC(N(C)Cc2cccnc2)C1. The molecule has 1 amide bonds. The van der Waals surface area contributed by atoms with Gasteiger partial charge in [0.05, 0.1) is 5.69 Å². The quantitative estimate of drug-likeness (QED) is 0.859. The Hall–Kier alpha value is -2.21. The number of carbonyl (C=O) groups is 1. The summed E-state index contributed by atoms with van der Waals surface area (Å²) in [6.45, 7) is 5.89. The normalized spacial score (nSPS) is 15.2. The van der Waals surface area contributed by atoms with Crippen molar-refractivity contribution in [2.24, 2.45) is 0 Å². The number of likely N-dealkylation sites (tertiary alicyclic amines) is 1. The van der Waals surface area contributed by atoms with Gasteiger partial charge in [-0.1, -0.05) is 11.2 Å². The first-order valence-corrected chi connectivity index (χ1v) is 7.37. The minimum Gasteiger partial charge on any atom is -0.361 e. The van der Waals surface area contributed by atoms with Crippen molar-refractivity contribution in [3.63, 3.8) is 0 Å². The van der Waals surface area contributed by atoms with Gasteiger partial charge in [0.25, 0.3) is 5.91 Å². The molecule has 6 nitrogen and oxygen atoms in total. The maximum atomic E-state index is 12.5. The fraction of sp³-hybridized carbons (Fsp3) is 0.438. The van der Waals surface area contributed by atoms with E-state index in [9.17, 15) is 4.79 Å². The second-order valence-corrected chi connectivity index (χ2v) is 5.84. The van der Waals surface area contributed by atoms with Gasteiger partial charge >= 0.3 is 0 Å². The third-order valence-corrected chi connectivity index (χ3v) is 4.17. The number of carbonyl (C=O) groups excluding carboxylic acids is 1. The summed E-state index contributed by atoms with van der Waals surface area (Å²) in [5.41, 5.74) is 2.45. The molecule has 116 valence electrons. The molecule has 0 aromatic carbocycles. The summed E-state index contributed by atoms with van der Waals surface area (Å²) in [4.78, 5) is 20.7. The standard InChI is InChI=1S/C16H20N4O2/c1-11-15(12(2)22-18-11)16(21)20-9-14(10-20)19(3)8-13-5-4-6-17-7-13/h4-7,14H,8-10H2,1-3H3. The van der Waals surface area contributed by atoms with Crippen LogP contribution in [-0.4, -0.2) is 52.0 Å². The monoisotopic (exact) mass is 300 g/mol. The van der Waals surface area contributed by atoms with Crippen molar-refractivity contribution in [3.05, 3.63) is 47.1 Å². The lowest BCUT2D eigenvalue weighted by Crippen LogP contribution is -2.60. The highest BCUT2D eigenvalue weighted by Crippen LogP contribution is 2.21. The van der Waals surface area contributed by atoms with Gasteiger partial charge in [-0.05, 0) is 32.5 Å². The first-order chi connectivity index (χ1) is 10.6. The summed E-state index contributed by atoms with van der Waals surface area (Å²) in [5, 5.41) is 3.85. The Morgan fingerprint density at radius 2 is 2.23 bits per heavy atom. The minimum absolute atomic E-state index is 0.0160. The Labute approximate surface area is 129 Å². The lowest BCUT2D eigenvalue weighted by Gasteiger charge is -2.44. The maximum absolute atomic E-state index is 12.5. The van der Waals surface area contributed by atoms with Gasteiger partial charge in [0.1, 0.15) is 11.3 Å². The number of rotatable bonds is 4. The summed E-state index contributed by atoms with van der Waals surface area (Å²) >= 11 is 0. The first kappa shape index (κ1) is 14.7. The third-order valence-electron chi connectivity index (χ3n) is 4.17. The molecular formula is C16H20N4O2. The van der Waals surface area contributed by atoms with Crippen LogP contribution in [0.3, 0.4) is 0 Å². The van der Waals surface area contributed by atoms with Crippen molar-refractivity contribution < 1.29 is 9.32 Å². The predicted molar refractivity (Wildman–Crippen MR) is 81.4 cm³/mol. The van der Waals surface area contributed by atoms with Crippen molar-refractivity contribution in [1.29, 1.82) is 0 Å². The van der Waals surface area contributed by atoms with Gasteiger partial charge in [0.15, 0.2) is 0 Å². The van der Waals surface area contributed by atoms with Crippen LogP contribution >= 0.6 is 0 Å². The van der Waals surface area contributed by atoms with Crippen LogP contribution in [0, 0.1) is 13.8 Å². The van der Waals surface area contributed by atoms with Crippen molar-refractivity contribution in [3.8, 4) is 0 Å². The Morgan fingerprint density at radius 3 is 2.82 bits per heavy atom. The van der Waals surface area contributed by atoms with E-state index in [0.29, 0.717) is 23.1 Å². The summed E-state index contributed by atoms with van der Waals surface area (Å²) in [7, 11) is 2.08. The number of amides is 1. The Bertz CT molecular complexity index is 643. The minimum atomic E-state index is 0.0160. The van der Waals surface area contributed by atoms with Gasteiger partial charge in [-0.2, -0.15) is 0 Å². The summed E-state index contributed by atoms with van der Waals surface area (Å²) in [6.07, 6.45) is 3.65. The van der Waals surface area contributed by atoms with E-state index >= 15 is 0 Å². The fourth-order valence-corrected chi connectivity index (χ4v) is 2.76. The highest BCUT2D eigenvalue weighted by atomic mass is 16.5. The first-order valence-electron chi connectivity index (χ1n) is 7.37. The van der Waals surface area contributed by atoms with Gasteiger partial charge in [0.2, 0.25) is 0 Å². The smallest absolute Gasteiger partial charge is 0.259 e. The molecule has 0 saturated carbocycles. The van der Waals surface area contributed by atoms with E-state index in [1.54, 1.807) is 20.0 Å². The topological polar surface area (TPSA) is 62.5 Å². The number of aryl methyl sites for hydroxylation is 2. The molecule has 0 bridgehead atoms. The molecule has 0 spiro atoms. The molecule has 2 aromatic rings. The molecule has 6 heteroatoms. The molecule has 1 saturated heterocycles. The van der Waals surface area contributed by atoms with Crippen LogP contribution in [0.2, 0.25) is 0 Å². The molecule has 3 rings (SSSR count). The average Bonchev–Trinajstić information content (AvgIpc) is 2.77. The number of aromatic nitrogens is 2. The van der Waals surface area contributed by atoms with Crippen LogP contribution in [0.15, 0.2) is 29.0 Å². The lowest BCUT2D eigenvalue weighted by molar-refractivity contribution is 0.0319. The Kier molecular flexibility index (Phi) is 3.94. The molecule has 1 fully saturated rings. The highest BCUT2D eigenvalue weighted by Gasteiger charge is 2.35. The second kappa shape index (κ2) is 5.88. The van der Waals surface area contributed by atoms with Crippen LogP contribution in [0.4, 0.5) is 0 Å². The fourth-order valence-electron chi connectivity index (χ4n) is 2.76. The van der Waals surface area contributed by atoms with E-state index in [4.69, 9.17) is 4.52 Å². The molecular weight excluding hydrogens is 280 g/mol. The number of hydrogen-bond donors (Lipinski definition) is 0. The van der Waals surface area contributed by atoms with Crippen molar-refractivity contribution in [2.45, 2.75) is 26.4 Å². The van der Waals surface area contributed by atoms with Crippen LogP contribution in [0.1, 0.15) is 27.4 Å². The number of nitrogens with zero attached hydrogens (tertiary/aromatic N) is 4. The van der Waals surface area contributed by atoms with E-state index in [-0.39, 0.29) is 5.91 Å². The van der Waals surface area contributed by atoms with Gasteiger partial charge in [0, 0.05) is 38.1 Å². The van der Waals surface area contributed by atoms with E-state index < -0.39 is 0 Å². The molecule has 0 aliphatic carbocycles. The largest absolute Gasteiger partial charge is 0.361 e. The zero-order valence-electron chi connectivity index (χ0n) is 13.1. The average molecular weight is 300 g/mol. The highest BCUT2D eigenvalue weighted by molar-refractivity contribution is 5.96. The Balaban J connectivity index is 1.57. The van der Waals surface area contributed by atoms with E-state index in [1.807, 2.05) is 17.2 Å². The number of hydrogen-bond acceptors (Lipinski definition) is 5. The van der Waals surface area contributed by atoms with Gasteiger partial charge in [-0.25, -0.2) is 0 Å². The molecule has 1 aliphatic heterocycles. The third kappa shape index (κ3) is 2.74. The van der Waals surface area contributed by atoms with Crippen molar-refractivity contribution in [2.75, 3.05) is 20.1 Å². The summed E-state index contributed by atoms with van der Waals surface area (Å²) in [6, 6.07) is 4.39. The van der Waals surface area contributed by atoms with Crippen LogP contribution in [-0.2, 0) is 6.54 Å². The molecule has 22 heavy (non-hydrogen) atoms. The van der Waals surface area contributed by atoms with Crippen LogP contribution in [0.5, 0.6) is 0 Å². The Morgan fingerprint density at radius 1 is 1.45 bits per heavy atom. The second-order valence-electron chi connectivity index (χ2n) is 5.84. The maximum Gasteiger partial charge on any atom is 0.259 e. The van der Waals surface area contributed by atoms with Crippen LogP contribution in [0.25, 0.3) is 0 Å². The van der Waals surface area contributed by atoms with E-state index in [2.05, 4.69) is 28.2 Å². The molecule has 0 unspecified atom stereocenters. The van der Waals surface area contributed by atoms with Crippen molar-refractivity contribution >= 4 is 5.91 Å². The number of likely N-dealkylation sites (N-methyl/N-ethyl adjacent to an activating group) is 1. The van der Waals surface area contributed by atoms with Gasteiger partial charge in [-0.3, -0.25) is 14.7 Å². The van der Waals surface area contributed by atoms with E-state index in [0.717, 1.165) is 19.6 Å². The van der Waals surface area contributed by atoms with E-state index in [1.165, 1.54) is 5.56 Å². The predicted octanol–water partition coefficient (Wildman–Crippen LogP) is 1.64. The van der Waals surface area contributed by atoms with Crippen LogP contribution < -0.4 is 0 Å². The molecule has 2 aromatic heterocycles. The van der Waals surface area contributed by atoms with Crippen molar-refractivity contribution in [1.82, 2.24) is 19.9 Å². The summed E-state index contributed by atoms with van der Waals surface area (Å²) < 4.78 is 5.07. The molecule has 0 N–H and O–H groups in total. The van der Waals surface area contributed by atoms with Gasteiger partial charge in [-0.15, -0.1) is 0 Å². The molecule has 0 atom stereocenters. The molecule has 3 heterocycles. The lowest BCUT2D eigenvalue weighted by atomic mass is 10.0. The number of pyridine rings is 1. The summed E-state index contributed by atoms with van der Waals surface area (Å²) in [5.74, 6) is 0.608.